The van der Waals surface area contributed by atoms with Crippen molar-refractivity contribution < 1.29 is 0 Å². The molecule has 2 N–H and O–H groups in total. The minimum atomic E-state index is 0.339. The Labute approximate surface area is 134 Å². The smallest absolute Gasteiger partial charge is 0.224 e. The summed E-state index contributed by atoms with van der Waals surface area (Å²) in [6.45, 7) is 5.01. The number of hydrogen-bond acceptors (Lipinski definition) is 4. The molecular formula is C16H21BrN4. The van der Waals surface area contributed by atoms with Gasteiger partial charge in [0.15, 0.2) is 0 Å². The van der Waals surface area contributed by atoms with Gasteiger partial charge in [0.1, 0.15) is 5.82 Å². The number of hydrogen-bond donors (Lipinski definition) is 2. The van der Waals surface area contributed by atoms with Crippen LogP contribution in [-0.4, -0.2) is 22.6 Å². The van der Waals surface area contributed by atoms with Crippen molar-refractivity contribution in [1.82, 2.24) is 9.97 Å². The number of halogens is 1. The third kappa shape index (κ3) is 5.01. The maximum atomic E-state index is 4.48. The molecule has 0 bridgehead atoms. The molecule has 0 aliphatic heterocycles. The zero-order chi connectivity index (χ0) is 15.1. The first-order valence-corrected chi connectivity index (χ1v) is 8.05. The lowest BCUT2D eigenvalue weighted by molar-refractivity contribution is 0.702. The molecule has 0 spiro atoms. The van der Waals surface area contributed by atoms with Crippen molar-refractivity contribution in [2.24, 2.45) is 0 Å². The SMILES string of the molecule is CCNc1ncc(Br)c(NC(C)CCc2ccccc2)n1. The summed E-state index contributed by atoms with van der Waals surface area (Å²) in [6.07, 6.45) is 3.88. The Bertz CT molecular complexity index is 559. The second-order valence-electron chi connectivity index (χ2n) is 4.99. The highest BCUT2D eigenvalue weighted by Gasteiger charge is 2.08. The zero-order valence-electron chi connectivity index (χ0n) is 12.4. The third-order valence-corrected chi connectivity index (χ3v) is 3.75. The van der Waals surface area contributed by atoms with E-state index >= 15 is 0 Å². The van der Waals surface area contributed by atoms with E-state index in [0.29, 0.717) is 12.0 Å². The molecule has 0 saturated carbocycles. The number of nitrogens with one attached hydrogen (secondary N) is 2. The molecule has 21 heavy (non-hydrogen) atoms. The number of aromatic nitrogens is 2. The van der Waals surface area contributed by atoms with E-state index in [9.17, 15) is 0 Å². The average Bonchev–Trinajstić information content (AvgIpc) is 2.50. The second-order valence-corrected chi connectivity index (χ2v) is 5.84. The summed E-state index contributed by atoms with van der Waals surface area (Å²) in [7, 11) is 0. The summed E-state index contributed by atoms with van der Waals surface area (Å²) < 4.78 is 0.885. The number of rotatable bonds is 7. The van der Waals surface area contributed by atoms with Crippen molar-refractivity contribution in [3.8, 4) is 0 Å². The van der Waals surface area contributed by atoms with Crippen LogP contribution in [0.1, 0.15) is 25.8 Å². The predicted molar refractivity (Wildman–Crippen MR) is 91.7 cm³/mol. The molecule has 1 atom stereocenters. The first-order chi connectivity index (χ1) is 10.2. The summed E-state index contributed by atoms with van der Waals surface area (Å²) in [6, 6.07) is 10.9. The van der Waals surface area contributed by atoms with Crippen molar-refractivity contribution in [2.75, 3.05) is 17.2 Å². The number of benzene rings is 1. The molecule has 4 nitrogen and oxygen atoms in total. The van der Waals surface area contributed by atoms with Gasteiger partial charge in [-0.25, -0.2) is 4.98 Å². The molecule has 0 radical (unpaired) electrons. The van der Waals surface area contributed by atoms with Crippen LogP contribution < -0.4 is 10.6 Å². The fraction of sp³-hybridized carbons (Fsp3) is 0.375. The van der Waals surface area contributed by atoms with Gasteiger partial charge < -0.3 is 10.6 Å². The Morgan fingerprint density at radius 2 is 2.00 bits per heavy atom. The Balaban J connectivity index is 1.92. The minimum absolute atomic E-state index is 0.339. The van der Waals surface area contributed by atoms with Crippen LogP contribution in [0, 0.1) is 0 Å². The van der Waals surface area contributed by atoms with Crippen molar-refractivity contribution in [2.45, 2.75) is 32.7 Å². The van der Waals surface area contributed by atoms with Gasteiger partial charge in [-0.3, -0.25) is 0 Å². The molecule has 0 fully saturated rings. The van der Waals surface area contributed by atoms with Gasteiger partial charge in [0.25, 0.3) is 0 Å². The maximum Gasteiger partial charge on any atom is 0.224 e. The van der Waals surface area contributed by atoms with E-state index in [2.05, 4.69) is 67.7 Å². The van der Waals surface area contributed by atoms with E-state index in [1.807, 2.05) is 13.0 Å². The van der Waals surface area contributed by atoms with Gasteiger partial charge >= 0.3 is 0 Å². The van der Waals surface area contributed by atoms with Gasteiger partial charge in [-0.15, -0.1) is 0 Å². The maximum absolute atomic E-state index is 4.48. The highest BCUT2D eigenvalue weighted by atomic mass is 79.9. The van der Waals surface area contributed by atoms with Crippen molar-refractivity contribution in [1.29, 1.82) is 0 Å². The largest absolute Gasteiger partial charge is 0.367 e. The Kier molecular flexibility index (Phi) is 5.99. The van der Waals surface area contributed by atoms with E-state index < -0.39 is 0 Å². The monoisotopic (exact) mass is 348 g/mol. The van der Waals surface area contributed by atoms with E-state index in [1.165, 1.54) is 5.56 Å². The molecule has 1 aromatic carbocycles. The normalized spacial score (nSPS) is 12.0. The van der Waals surface area contributed by atoms with Crippen LogP contribution in [0.4, 0.5) is 11.8 Å². The fourth-order valence-corrected chi connectivity index (χ4v) is 2.35. The van der Waals surface area contributed by atoms with Crippen LogP contribution in [0.3, 0.4) is 0 Å². The zero-order valence-corrected chi connectivity index (χ0v) is 14.0. The summed E-state index contributed by atoms with van der Waals surface area (Å²) in [5.74, 6) is 1.49. The summed E-state index contributed by atoms with van der Waals surface area (Å²) >= 11 is 3.49. The quantitative estimate of drug-likeness (QED) is 0.790. The van der Waals surface area contributed by atoms with Crippen LogP contribution in [0.15, 0.2) is 41.0 Å². The molecule has 1 aromatic heterocycles. The first-order valence-electron chi connectivity index (χ1n) is 7.26. The van der Waals surface area contributed by atoms with Gasteiger partial charge in [-0.05, 0) is 48.2 Å². The van der Waals surface area contributed by atoms with Crippen molar-refractivity contribution >= 4 is 27.7 Å². The Morgan fingerprint density at radius 1 is 1.24 bits per heavy atom. The standard InChI is InChI=1S/C16H21BrN4/c1-3-18-16-19-11-14(17)15(21-16)20-12(2)9-10-13-7-5-4-6-8-13/h4-8,11-12H,3,9-10H2,1-2H3,(H2,18,19,20,21). The van der Waals surface area contributed by atoms with Gasteiger partial charge in [0.2, 0.25) is 5.95 Å². The highest BCUT2D eigenvalue weighted by molar-refractivity contribution is 9.10. The van der Waals surface area contributed by atoms with Crippen molar-refractivity contribution in [3.63, 3.8) is 0 Å². The molecule has 1 heterocycles. The summed E-state index contributed by atoms with van der Waals surface area (Å²) in [4.78, 5) is 8.70. The molecule has 0 aliphatic carbocycles. The highest BCUT2D eigenvalue weighted by Crippen LogP contribution is 2.21. The molecule has 112 valence electrons. The Hall–Kier alpha value is -1.62. The molecule has 0 saturated heterocycles. The predicted octanol–water partition coefficient (Wildman–Crippen LogP) is 4.10. The van der Waals surface area contributed by atoms with Gasteiger partial charge in [0, 0.05) is 18.8 Å². The van der Waals surface area contributed by atoms with E-state index in [4.69, 9.17) is 0 Å². The lowest BCUT2D eigenvalue weighted by atomic mass is 10.1. The van der Waals surface area contributed by atoms with Crippen molar-refractivity contribution in [3.05, 3.63) is 46.6 Å². The molecule has 1 unspecified atom stereocenters. The number of aryl methyl sites for hydroxylation is 1. The molecule has 0 amide bonds. The summed E-state index contributed by atoms with van der Waals surface area (Å²) in [5, 5.41) is 6.56. The lowest BCUT2D eigenvalue weighted by Gasteiger charge is -2.16. The van der Waals surface area contributed by atoms with E-state index in [0.717, 1.165) is 29.7 Å². The van der Waals surface area contributed by atoms with E-state index in [1.54, 1.807) is 6.20 Å². The second kappa shape index (κ2) is 7.98. The molecule has 2 rings (SSSR count). The average molecular weight is 349 g/mol. The first kappa shape index (κ1) is 15.8. The third-order valence-electron chi connectivity index (χ3n) is 3.17. The van der Waals surface area contributed by atoms with Crippen LogP contribution >= 0.6 is 15.9 Å². The van der Waals surface area contributed by atoms with Gasteiger partial charge in [0.05, 0.1) is 4.47 Å². The van der Waals surface area contributed by atoms with Crippen LogP contribution in [-0.2, 0) is 6.42 Å². The molecular weight excluding hydrogens is 328 g/mol. The van der Waals surface area contributed by atoms with Crippen LogP contribution in [0.2, 0.25) is 0 Å². The topological polar surface area (TPSA) is 49.8 Å². The Morgan fingerprint density at radius 3 is 2.71 bits per heavy atom. The number of anilines is 2. The van der Waals surface area contributed by atoms with Gasteiger partial charge in [-0.1, -0.05) is 30.3 Å². The molecule has 2 aromatic rings. The van der Waals surface area contributed by atoms with Crippen LogP contribution in [0.5, 0.6) is 0 Å². The number of nitrogens with zero attached hydrogens (tertiary/aromatic N) is 2. The fourth-order valence-electron chi connectivity index (χ4n) is 2.05. The van der Waals surface area contributed by atoms with Gasteiger partial charge in [-0.2, -0.15) is 4.98 Å². The molecule has 5 heteroatoms. The van der Waals surface area contributed by atoms with Crippen LogP contribution in [0.25, 0.3) is 0 Å². The minimum Gasteiger partial charge on any atom is -0.367 e. The lowest BCUT2D eigenvalue weighted by Crippen LogP contribution is -2.18. The van der Waals surface area contributed by atoms with E-state index in [-0.39, 0.29) is 0 Å². The molecule has 0 aliphatic rings. The summed E-state index contributed by atoms with van der Waals surface area (Å²) in [5.41, 5.74) is 1.36.